The molecular formula is C16H12O4. The molecule has 1 aliphatic heterocycles. The van der Waals surface area contributed by atoms with Crippen LogP contribution in [-0.4, -0.2) is 25.2 Å². The van der Waals surface area contributed by atoms with E-state index in [2.05, 4.69) is 0 Å². The highest BCUT2D eigenvalue weighted by Gasteiger charge is 2.25. The van der Waals surface area contributed by atoms with Crippen molar-refractivity contribution in [3.63, 3.8) is 0 Å². The van der Waals surface area contributed by atoms with Gasteiger partial charge < -0.3 is 9.47 Å². The van der Waals surface area contributed by atoms with Gasteiger partial charge in [-0.15, -0.1) is 0 Å². The molecular weight excluding hydrogens is 256 g/mol. The van der Waals surface area contributed by atoms with E-state index >= 15 is 0 Å². The molecule has 0 atom stereocenters. The van der Waals surface area contributed by atoms with Crippen LogP contribution in [0.4, 0.5) is 0 Å². The number of fused-ring (bicyclic) bond motifs is 1. The molecule has 0 fully saturated rings. The number of hydrogen-bond donors (Lipinski definition) is 0. The highest BCUT2D eigenvalue weighted by atomic mass is 16.6. The summed E-state index contributed by atoms with van der Waals surface area (Å²) < 4.78 is 10.1. The number of carbonyl (C=O) groups excluding carboxylic acids is 2. The highest BCUT2D eigenvalue weighted by Crippen LogP contribution is 2.28. The second-order valence-electron chi connectivity index (χ2n) is 4.37. The third-order valence-electron chi connectivity index (χ3n) is 3.12. The van der Waals surface area contributed by atoms with E-state index in [0.717, 1.165) is 5.56 Å². The first-order valence-corrected chi connectivity index (χ1v) is 6.30. The minimum atomic E-state index is -0.491. The van der Waals surface area contributed by atoms with E-state index in [1.807, 2.05) is 30.3 Å². The second kappa shape index (κ2) is 5.17. The minimum absolute atomic E-state index is 0.0765. The molecule has 20 heavy (non-hydrogen) atoms. The fourth-order valence-electron chi connectivity index (χ4n) is 2.22. The number of rotatable bonds is 1. The Labute approximate surface area is 115 Å². The average molecular weight is 268 g/mol. The molecule has 1 aliphatic rings. The molecule has 0 saturated carbocycles. The lowest BCUT2D eigenvalue weighted by atomic mass is 9.95. The molecule has 3 rings (SSSR count). The van der Waals surface area contributed by atoms with Crippen molar-refractivity contribution in [2.24, 2.45) is 0 Å². The molecule has 2 aromatic rings. The van der Waals surface area contributed by atoms with Gasteiger partial charge in [0.1, 0.15) is 13.2 Å². The highest BCUT2D eigenvalue weighted by molar-refractivity contribution is 6.08. The maximum absolute atomic E-state index is 12.2. The summed E-state index contributed by atoms with van der Waals surface area (Å²) in [5.41, 5.74) is 2.04. The van der Waals surface area contributed by atoms with Crippen molar-refractivity contribution < 1.29 is 19.1 Å². The molecule has 0 aromatic heterocycles. The van der Waals surface area contributed by atoms with E-state index in [-0.39, 0.29) is 24.3 Å². The van der Waals surface area contributed by atoms with Crippen LogP contribution in [0.1, 0.15) is 20.7 Å². The van der Waals surface area contributed by atoms with Gasteiger partial charge >= 0.3 is 11.9 Å². The average Bonchev–Trinajstić information content (AvgIpc) is 2.50. The number of hydrogen-bond acceptors (Lipinski definition) is 4. The van der Waals surface area contributed by atoms with Crippen LogP contribution in [0.15, 0.2) is 48.5 Å². The van der Waals surface area contributed by atoms with E-state index in [9.17, 15) is 9.59 Å². The largest absolute Gasteiger partial charge is 0.458 e. The zero-order chi connectivity index (χ0) is 13.9. The van der Waals surface area contributed by atoms with Gasteiger partial charge in [-0.3, -0.25) is 0 Å². The zero-order valence-corrected chi connectivity index (χ0v) is 10.7. The molecule has 4 nitrogen and oxygen atoms in total. The van der Waals surface area contributed by atoms with Gasteiger partial charge in [0.2, 0.25) is 0 Å². The number of carbonyl (C=O) groups is 2. The van der Waals surface area contributed by atoms with Crippen molar-refractivity contribution in [1.29, 1.82) is 0 Å². The van der Waals surface area contributed by atoms with E-state index < -0.39 is 11.9 Å². The molecule has 0 saturated heterocycles. The van der Waals surface area contributed by atoms with Crippen molar-refractivity contribution in [2.45, 2.75) is 0 Å². The molecule has 2 aromatic carbocycles. The molecule has 0 N–H and O–H groups in total. The number of ether oxygens (including phenoxy) is 2. The van der Waals surface area contributed by atoms with E-state index in [1.54, 1.807) is 18.2 Å². The fraction of sp³-hybridized carbons (Fsp3) is 0.125. The monoisotopic (exact) mass is 268 g/mol. The maximum atomic E-state index is 12.2. The Hall–Kier alpha value is -2.62. The topological polar surface area (TPSA) is 52.6 Å². The molecule has 4 heteroatoms. The molecule has 0 radical (unpaired) electrons. The lowest BCUT2D eigenvalue weighted by Gasteiger charge is -2.16. The summed E-state index contributed by atoms with van der Waals surface area (Å²) >= 11 is 0. The summed E-state index contributed by atoms with van der Waals surface area (Å²) in [7, 11) is 0. The van der Waals surface area contributed by atoms with Gasteiger partial charge in [-0.25, -0.2) is 9.59 Å². The van der Waals surface area contributed by atoms with Crippen LogP contribution in [0.2, 0.25) is 0 Å². The van der Waals surface area contributed by atoms with Crippen LogP contribution >= 0.6 is 0 Å². The predicted octanol–water partition coefficient (Wildman–Crippen LogP) is 2.68. The molecule has 100 valence electrons. The molecule has 1 heterocycles. The lowest BCUT2D eigenvalue weighted by Crippen LogP contribution is -2.22. The fourth-order valence-corrected chi connectivity index (χ4v) is 2.22. The summed E-state index contributed by atoms with van der Waals surface area (Å²) in [6.07, 6.45) is 0. The summed E-state index contributed by atoms with van der Waals surface area (Å²) in [5.74, 6) is -0.981. The van der Waals surface area contributed by atoms with Crippen LogP contribution in [0.25, 0.3) is 11.1 Å². The standard InChI is InChI=1S/C16H12O4/c17-15-13-8-4-7-12(11-5-2-1-3-6-11)14(13)16(18)20-10-9-19-15/h1-8H,9-10H2. The first-order chi connectivity index (χ1) is 9.77. The van der Waals surface area contributed by atoms with Crippen LogP contribution < -0.4 is 0 Å². The van der Waals surface area contributed by atoms with Gasteiger partial charge in [0, 0.05) is 0 Å². The minimum Gasteiger partial charge on any atom is -0.458 e. The summed E-state index contributed by atoms with van der Waals surface area (Å²) in [6, 6.07) is 14.5. The van der Waals surface area contributed by atoms with E-state index in [4.69, 9.17) is 9.47 Å². The third kappa shape index (κ3) is 2.16. The van der Waals surface area contributed by atoms with Gasteiger partial charge in [-0.05, 0) is 17.2 Å². The van der Waals surface area contributed by atoms with Crippen molar-refractivity contribution in [2.75, 3.05) is 13.2 Å². The van der Waals surface area contributed by atoms with Gasteiger partial charge in [-0.1, -0.05) is 42.5 Å². The normalized spacial score (nSPS) is 14.6. The molecule has 0 bridgehead atoms. The number of benzene rings is 2. The van der Waals surface area contributed by atoms with Crippen molar-refractivity contribution in [3.8, 4) is 11.1 Å². The maximum Gasteiger partial charge on any atom is 0.339 e. The predicted molar refractivity (Wildman–Crippen MR) is 72.4 cm³/mol. The molecule has 0 unspecified atom stereocenters. The van der Waals surface area contributed by atoms with E-state index in [1.165, 1.54) is 0 Å². The zero-order valence-electron chi connectivity index (χ0n) is 10.7. The molecule has 0 spiro atoms. The molecule has 0 amide bonds. The Bertz CT molecular complexity index is 661. The summed E-state index contributed by atoms with van der Waals surface area (Å²) in [5, 5.41) is 0. The first-order valence-electron chi connectivity index (χ1n) is 6.30. The quantitative estimate of drug-likeness (QED) is 0.746. The SMILES string of the molecule is O=C1OCCOC(=O)c2c1cccc2-c1ccccc1. The summed E-state index contributed by atoms with van der Waals surface area (Å²) in [4.78, 5) is 24.1. The Morgan fingerprint density at radius 2 is 1.35 bits per heavy atom. The molecule has 0 aliphatic carbocycles. The lowest BCUT2D eigenvalue weighted by molar-refractivity contribution is 0.0226. The smallest absolute Gasteiger partial charge is 0.339 e. The van der Waals surface area contributed by atoms with Gasteiger partial charge in [0.25, 0.3) is 0 Å². The Morgan fingerprint density at radius 3 is 2.10 bits per heavy atom. The van der Waals surface area contributed by atoms with E-state index in [0.29, 0.717) is 5.56 Å². The Balaban J connectivity index is 2.22. The number of cyclic esters (lactones) is 2. The van der Waals surface area contributed by atoms with Gasteiger partial charge in [0.05, 0.1) is 11.1 Å². The van der Waals surface area contributed by atoms with Crippen LogP contribution in [-0.2, 0) is 9.47 Å². The number of esters is 2. The van der Waals surface area contributed by atoms with Crippen molar-refractivity contribution in [3.05, 3.63) is 59.7 Å². The second-order valence-corrected chi connectivity index (χ2v) is 4.37. The third-order valence-corrected chi connectivity index (χ3v) is 3.12. The van der Waals surface area contributed by atoms with Crippen molar-refractivity contribution in [1.82, 2.24) is 0 Å². The Morgan fingerprint density at radius 1 is 0.700 bits per heavy atom. The van der Waals surface area contributed by atoms with Crippen molar-refractivity contribution >= 4 is 11.9 Å². The van der Waals surface area contributed by atoms with Gasteiger partial charge in [0.15, 0.2) is 0 Å². The van der Waals surface area contributed by atoms with Crippen LogP contribution in [0.3, 0.4) is 0 Å². The van der Waals surface area contributed by atoms with Crippen LogP contribution in [0, 0.1) is 0 Å². The van der Waals surface area contributed by atoms with Gasteiger partial charge in [-0.2, -0.15) is 0 Å². The van der Waals surface area contributed by atoms with Crippen LogP contribution in [0.5, 0.6) is 0 Å². The first kappa shape index (κ1) is 12.4. The summed E-state index contributed by atoms with van der Waals surface area (Å²) in [6.45, 7) is 0.159. The Kier molecular flexibility index (Phi) is 3.21.